The molecule has 4 atom stereocenters. The Morgan fingerprint density at radius 3 is 2.45 bits per heavy atom. The molecule has 2 saturated carbocycles. The molecule has 4 unspecified atom stereocenters. The summed E-state index contributed by atoms with van der Waals surface area (Å²) >= 11 is 0. The van der Waals surface area contributed by atoms with Gasteiger partial charge in [-0.2, -0.15) is 0 Å². The van der Waals surface area contributed by atoms with Crippen molar-refractivity contribution in [3.63, 3.8) is 0 Å². The molecule has 2 nitrogen and oxygen atoms in total. The van der Waals surface area contributed by atoms with E-state index in [0.717, 1.165) is 31.2 Å². The molecule has 2 aromatic carbocycles. The van der Waals surface area contributed by atoms with E-state index in [2.05, 4.69) is 6.92 Å². The Morgan fingerprint density at radius 1 is 1.00 bits per heavy atom. The highest BCUT2D eigenvalue weighted by molar-refractivity contribution is 5.95. The molecule has 0 saturated heterocycles. The molecule has 2 aliphatic carbocycles. The Bertz CT molecular complexity index is 940. The first-order valence-electron chi connectivity index (χ1n) is 10.7. The highest BCUT2D eigenvalue weighted by atomic mass is 19.2. The molecule has 2 aliphatic rings. The van der Waals surface area contributed by atoms with E-state index in [1.165, 1.54) is 38.2 Å². The van der Waals surface area contributed by atoms with Crippen LogP contribution in [0.3, 0.4) is 0 Å². The summed E-state index contributed by atoms with van der Waals surface area (Å²) in [6.07, 6.45) is 8.99. The normalized spacial score (nSPS) is 27.0. The van der Waals surface area contributed by atoms with Crippen LogP contribution >= 0.6 is 0 Å². The number of carbonyl (C=O) groups is 1. The van der Waals surface area contributed by atoms with Crippen molar-refractivity contribution >= 4 is 16.7 Å². The Kier molecular flexibility index (Phi) is 5.58. The molecular weight excluding hydrogens is 377 g/mol. The molecule has 29 heavy (non-hydrogen) atoms. The number of carboxylic acids is 1. The monoisotopic (exact) mass is 404 g/mol. The first-order chi connectivity index (χ1) is 13.9. The molecule has 1 N–H and O–H groups in total. The second-order valence-corrected chi connectivity index (χ2v) is 8.92. The van der Waals surface area contributed by atoms with Gasteiger partial charge in [-0.25, -0.2) is 18.0 Å². The molecule has 0 heterocycles. The van der Waals surface area contributed by atoms with Gasteiger partial charge in [-0.05, 0) is 72.8 Å². The minimum atomic E-state index is -1.57. The molecule has 0 spiro atoms. The van der Waals surface area contributed by atoms with Crippen molar-refractivity contribution in [2.75, 3.05) is 0 Å². The fourth-order valence-corrected chi connectivity index (χ4v) is 5.81. The van der Waals surface area contributed by atoms with Crippen LogP contribution in [-0.2, 0) is 0 Å². The lowest BCUT2D eigenvalue weighted by Gasteiger charge is -2.42. The van der Waals surface area contributed by atoms with E-state index >= 15 is 4.39 Å². The second-order valence-electron chi connectivity index (χ2n) is 8.92. The van der Waals surface area contributed by atoms with Gasteiger partial charge in [0, 0.05) is 0 Å². The third kappa shape index (κ3) is 3.64. The van der Waals surface area contributed by atoms with Crippen molar-refractivity contribution in [1.29, 1.82) is 0 Å². The van der Waals surface area contributed by atoms with Crippen LogP contribution in [0.5, 0.6) is 0 Å². The topological polar surface area (TPSA) is 37.3 Å². The number of hydrogen-bond acceptors (Lipinski definition) is 1. The summed E-state index contributed by atoms with van der Waals surface area (Å²) in [7, 11) is 0. The van der Waals surface area contributed by atoms with Crippen molar-refractivity contribution in [3.05, 3.63) is 46.8 Å². The zero-order chi connectivity index (χ0) is 20.7. The fraction of sp³-hybridized carbons (Fsp3) is 0.542. The lowest BCUT2D eigenvalue weighted by atomic mass is 9.63. The Labute approximate surface area is 169 Å². The minimum absolute atomic E-state index is 0.00462. The molecule has 2 fully saturated rings. The van der Waals surface area contributed by atoms with E-state index in [4.69, 9.17) is 5.11 Å². The SMILES string of the molecule is CCCC1CCC2CC(c3ccc4cc(C(=O)O)c(F)c(F)c4c3F)CCC2C1. The quantitative estimate of drug-likeness (QED) is 0.592. The van der Waals surface area contributed by atoms with Crippen molar-refractivity contribution in [1.82, 2.24) is 0 Å². The molecule has 5 heteroatoms. The van der Waals surface area contributed by atoms with E-state index in [9.17, 15) is 13.6 Å². The van der Waals surface area contributed by atoms with Crippen LogP contribution in [0.1, 0.15) is 80.1 Å². The van der Waals surface area contributed by atoms with Gasteiger partial charge < -0.3 is 5.11 Å². The van der Waals surface area contributed by atoms with Crippen molar-refractivity contribution in [3.8, 4) is 0 Å². The van der Waals surface area contributed by atoms with E-state index in [1.54, 1.807) is 6.07 Å². The molecule has 0 amide bonds. The van der Waals surface area contributed by atoms with Gasteiger partial charge in [-0.1, -0.05) is 38.3 Å². The summed E-state index contributed by atoms with van der Waals surface area (Å²) in [6.45, 7) is 2.23. The van der Waals surface area contributed by atoms with Crippen molar-refractivity contribution in [2.24, 2.45) is 17.8 Å². The molecule has 156 valence electrons. The van der Waals surface area contributed by atoms with E-state index in [0.29, 0.717) is 17.4 Å². The molecule has 0 bridgehead atoms. The number of aromatic carboxylic acids is 1. The van der Waals surface area contributed by atoms with Gasteiger partial charge in [-0.15, -0.1) is 0 Å². The number of rotatable bonds is 4. The number of fused-ring (bicyclic) bond motifs is 2. The van der Waals surface area contributed by atoms with Gasteiger partial charge in [0.1, 0.15) is 5.82 Å². The van der Waals surface area contributed by atoms with Crippen LogP contribution < -0.4 is 0 Å². The first-order valence-corrected chi connectivity index (χ1v) is 10.7. The average Bonchev–Trinajstić information content (AvgIpc) is 2.70. The Balaban J connectivity index is 1.62. The zero-order valence-corrected chi connectivity index (χ0v) is 16.7. The van der Waals surface area contributed by atoms with Crippen molar-refractivity contribution in [2.45, 2.75) is 64.2 Å². The minimum Gasteiger partial charge on any atom is -0.478 e. The Hall–Kier alpha value is -2.04. The summed E-state index contributed by atoms with van der Waals surface area (Å²) in [4.78, 5) is 11.1. The van der Waals surface area contributed by atoms with Crippen LogP contribution in [0.15, 0.2) is 18.2 Å². The molecular formula is C24H27F3O2. The zero-order valence-electron chi connectivity index (χ0n) is 16.7. The summed E-state index contributed by atoms with van der Waals surface area (Å²) in [6, 6.07) is 4.16. The van der Waals surface area contributed by atoms with Gasteiger partial charge in [0.25, 0.3) is 0 Å². The third-order valence-corrected chi connectivity index (χ3v) is 7.24. The van der Waals surface area contributed by atoms with Crippen molar-refractivity contribution < 1.29 is 23.1 Å². The molecule has 2 aromatic rings. The predicted octanol–water partition coefficient (Wildman–Crippen LogP) is 7.06. The standard InChI is InChI=1S/C24H27F3O2/c1-2-3-13-4-5-15-11-16(7-6-14(15)10-13)18-9-8-17-12-19(24(28)29)22(26)23(27)20(17)21(18)25/h8-9,12-16H,2-7,10-11H2,1H3,(H,28,29). The molecule has 4 rings (SSSR count). The summed E-state index contributed by atoms with van der Waals surface area (Å²) in [5.41, 5.74) is -0.334. The number of hydrogen-bond donors (Lipinski definition) is 1. The lowest BCUT2D eigenvalue weighted by Crippen LogP contribution is -2.30. The van der Waals surface area contributed by atoms with E-state index < -0.39 is 34.4 Å². The van der Waals surface area contributed by atoms with E-state index in [-0.39, 0.29) is 11.3 Å². The van der Waals surface area contributed by atoms with Gasteiger partial charge in [0.15, 0.2) is 11.6 Å². The maximum Gasteiger partial charge on any atom is 0.338 e. The average molecular weight is 404 g/mol. The van der Waals surface area contributed by atoms with Crippen LogP contribution in [0.25, 0.3) is 10.8 Å². The third-order valence-electron chi connectivity index (χ3n) is 7.24. The number of benzene rings is 2. The Morgan fingerprint density at radius 2 is 1.72 bits per heavy atom. The van der Waals surface area contributed by atoms with Crippen LogP contribution in [0.2, 0.25) is 0 Å². The van der Waals surface area contributed by atoms with Crippen LogP contribution in [-0.4, -0.2) is 11.1 Å². The summed E-state index contributed by atoms with van der Waals surface area (Å²) in [5.74, 6) is -3.11. The van der Waals surface area contributed by atoms with Crippen LogP contribution in [0, 0.1) is 35.2 Å². The fourth-order valence-electron chi connectivity index (χ4n) is 5.81. The second kappa shape index (κ2) is 8.00. The van der Waals surface area contributed by atoms with Gasteiger partial charge in [0.05, 0.1) is 10.9 Å². The highest BCUT2D eigenvalue weighted by Crippen LogP contribution is 2.49. The summed E-state index contributed by atoms with van der Waals surface area (Å²) in [5, 5.41) is 8.69. The van der Waals surface area contributed by atoms with Gasteiger partial charge in [-0.3, -0.25) is 0 Å². The maximum absolute atomic E-state index is 15.3. The first kappa shape index (κ1) is 20.2. The molecule has 0 radical (unpaired) electrons. The number of carboxylic acid groups (broad SMARTS) is 1. The largest absolute Gasteiger partial charge is 0.478 e. The predicted molar refractivity (Wildman–Crippen MR) is 107 cm³/mol. The highest BCUT2D eigenvalue weighted by Gasteiger charge is 2.36. The van der Waals surface area contributed by atoms with Gasteiger partial charge in [0.2, 0.25) is 0 Å². The van der Waals surface area contributed by atoms with Gasteiger partial charge >= 0.3 is 5.97 Å². The molecule has 0 aromatic heterocycles. The molecule has 0 aliphatic heterocycles. The summed E-state index contributed by atoms with van der Waals surface area (Å²) < 4.78 is 43.9. The van der Waals surface area contributed by atoms with E-state index in [1.807, 2.05) is 0 Å². The van der Waals surface area contributed by atoms with Crippen LogP contribution in [0.4, 0.5) is 13.2 Å². The number of halogens is 3. The lowest BCUT2D eigenvalue weighted by molar-refractivity contribution is 0.0691. The maximum atomic E-state index is 15.3. The smallest absolute Gasteiger partial charge is 0.338 e.